The van der Waals surface area contributed by atoms with Crippen LogP contribution in [0.25, 0.3) is 0 Å². The van der Waals surface area contributed by atoms with Gasteiger partial charge < -0.3 is 0 Å². The molecule has 9 heteroatoms. The van der Waals surface area contributed by atoms with Crippen LogP contribution in [-0.4, -0.2) is 8.42 Å². The van der Waals surface area contributed by atoms with Gasteiger partial charge in [0.15, 0.2) is 0 Å². The van der Waals surface area contributed by atoms with Crippen molar-refractivity contribution < 1.29 is 21.6 Å². The Hall–Kier alpha value is -2.24. The highest BCUT2D eigenvalue weighted by Crippen LogP contribution is 2.34. The molecule has 0 aromatic heterocycles. The van der Waals surface area contributed by atoms with Crippen molar-refractivity contribution in [2.75, 3.05) is 4.72 Å². The van der Waals surface area contributed by atoms with Crippen LogP contribution in [0.2, 0.25) is 5.02 Å². The van der Waals surface area contributed by atoms with E-state index in [1.807, 2.05) is 0 Å². The Kier molecular flexibility index (Phi) is 4.54. The van der Waals surface area contributed by atoms with Gasteiger partial charge in [0.25, 0.3) is 10.0 Å². The van der Waals surface area contributed by atoms with Crippen LogP contribution in [0.3, 0.4) is 0 Å². The van der Waals surface area contributed by atoms with Crippen molar-refractivity contribution in [3.05, 3.63) is 58.6 Å². The van der Waals surface area contributed by atoms with Crippen LogP contribution in [-0.2, 0) is 16.2 Å². The molecule has 0 atom stereocenters. The number of nitrogens with one attached hydrogen (secondary N) is 1. The van der Waals surface area contributed by atoms with Crippen molar-refractivity contribution in [1.82, 2.24) is 0 Å². The number of nitrogens with zero attached hydrogens (tertiary/aromatic N) is 1. The maximum atomic E-state index is 12.6. The molecule has 0 aliphatic carbocycles. The number of nitriles is 1. The summed E-state index contributed by atoms with van der Waals surface area (Å²) < 4.78 is 64.2. The molecule has 120 valence electrons. The molecule has 0 unspecified atom stereocenters. The molecule has 0 saturated carbocycles. The van der Waals surface area contributed by atoms with Gasteiger partial charge in [0.05, 0.1) is 32.8 Å². The summed E-state index contributed by atoms with van der Waals surface area (Å²) in [7, 11) is -4.08. The summed E-state index contributed by atoms with van der Waals surface area (Å²) in [5.74, 6) is 0. The van der Waals surface area contributed by atoms with Crippen molar-refractivity contribution >= 4 is 27.3 Å². The van der Waals surface area contributed by atoms with Crippen LogP contribution in [0, 0.1) is 11.3 Å². The lowest BCUT2D eigenvalue weighted by Gasteiger charge is -2.12. The standard InChI is InChI=1S/C14H8ClF3N2O2S/c15-12-7-10(14(16,17)18)4-5-13(12)20-23(21,22)11-3-1-2-9(6-11)8-19/h1-7,20H. The minimum absolute atomic E-state index is 0.131. The Morgan fingerprint density at radius 1 is 1.13 bits per heavy atom. The highest BCUT2D eigenvalue weighted by Gasteiger charge is 2.31. The lowest BCUT2D eigenvalue weighted by Crippen LogP contribution is -2.14. The SMILES string of the molecule is N#Cc1cccc(S(=O)(=O)Nc2ccc(C(F)(F)F)cc2Cl)c1. The minimum atomic E-state index is -4.58. The van der Waals surface area contributed by atoms with Crippen LogP contribution in [0.15, 0.2) is 47.4 Å². The Morgan fingerprint density at radius 3 is 2.39 bits per heavy atom. The van der Waals surface area contributed by atoms with Crippen LogP contribution < -0.4 is 4.72 Å². The number of hydrogen-bond donors (Lipinski definition) is 1. The van der Waals surface area contributed by atoms with Gasteiger partial charge in [-0.1, -0.05) is 17.7 Å². The van der Waals surface area contributed by atoms with E-state index < -0.39 is 21.8 Å². The predicted molar refractivity (Wildman–Crippen MR) is 78.4 cm³/mol. The molecular formula is C14H8ClF3N2O2S. The van der Waals surface area contributed by atoms with Crippen molar-refractivity contribution in [2.45, 2.75) is 11.1 Å². The number of benzene rings is 2. The van der Waals surface area contributed by atoms with Crippen molar-refractivity contribution in [3.63, 3.8) is 0 Å². The number of hydrogen-bond acceptors (Lipinski definition) is 3. The second-order valence-electron chi connectivity index (χ2n) is 4.44. The van der Waals surface area contributed by atoms with E-state index in [0.29, 0.717) is 6.07 Å². The summed E-state index contributed by atoms with van der Waals surface area (Å²) in [5, 5.41) is 8.39. The summed E-state index contributed by atoms with van der Waals surface area (Å²) in [6, 6.07) is 9.26. The van der Waals surface area contributed by atoms with E-state index in [4.69, 9.17) is 16.9 Å². The second kappa shape index (κ2) is 6.10. The first-order chi connectivity index (χ1) is 10.6. The molecule has 0 amide bonds. The summed E-state index contributed by atoms with van der Waals surface area (Å²) in [6.45, 7) is 0. The molecule has 4 nitrogen and oxygen atoms in total. The van der Waals surface area contributed by atoms with Crippen LogP contribution in [0.1, 0.15) is 11.1 Å². The number of anilines is 1. The van der Waals surface area contributed by atoms with E-state index in [2.05, 4.69) is 4.72 Å². The highest BCUT2D eigenvalue weighted by atomic mass is 35.5. The summed E-state index contributed by atoms with van der Waals surface area (Å²) >= 11 is 5.71. The quantitative estimate of drug-likeness (QED) is 0.898. The molecule has 0 aliphatic heterocycles. The molecule has 0 saturated heterocycles. The molecule has 0 spiro atoms. The van der Waals surface area contributed by atoms with Crippen molar-refractivity contribution in [2.24, 2.45) is 0 Å². The monoisotopic (exact) mass is 360 g/mol. The van der Waals surface area contributed by atoms with Gasteiger partial charge in [-0.25, -0.2) is 8.42 Å². The Morgan fingerprint density at radius 2 is 1.83 bits per heavy atom. The molecule has 0 heterocycles. The Labute approximate surface area is 135 Å². The second-order valence-corrected chi connectivity index (χ2v) is 6.53. The third-order valence-corrected chi connectivity index (χ3v) is 4.49. The van der Waals surface area contributed by atoms with E-state index >= 15 is 0 Å². The summed E-state index contributed by atoms with van der Waals surface area (Å²) in [4.78, 5) is -0.201. The van der Waals surface area contributed by atoms with Crippen molar-refractivity contribution in [1.29, 1.82) is 5.26 Å². The Balaban J connectivity index is 2.36. The third kappa shape index (κ3) is 3.94. The van der Waals surface area contributed by atoms with Gasteiger partial charge in [0, 0.05) is 0 Å². The molecule has 2 aromatic rings. The molecule has 1 N–H and O–H groups in total. The van der Waals surface area contributed by atoms with E-state index in [9.17, 15) is 21.6 Å². The lowest BCUT2D eigenvalue weighted by molar-refractivity contribution is -0.137. The van der Waals surface area contributed by atoms with Gasteiger partial charge in [0.1, 0.15) is 0 Å². The zero-order valence-electron chi connectivity index (χ0n) is 11.2. The average molecular weight is 361 g/mol. The van der Waals surface area contributed by atoms with E-state index in [1.165, 1.54) is 18.2 Å². The van der Waals surface area contributed by atoms with E-state index in [0.717, 1.165) is 18.2 Å². The lowest BCUT2D eigenvalue weighted by atomic mass is 10.2. The first kappa shape index (κ1) is 17.1. The molecule has 23 heavy (non-hydrogen) atoms. The summed E-state index contributed by atoms with van der Waals surface area (Å²) in [6.07, 6.45) is -4.58. The maximum Gasteiger partial charge on any atom is 0.416 e. The predicted octanol–water partition coefficient (Wildman–Crippen LogP) is 4.03. The largest absolute Gasteiger partial charge is 0.416 e. The zero-order valence-corrected chi connectivity index (χ0v) is 12.8. The van der Waals surface area contributed by atoms with Gasteiger partial charge >= 0.3 is 6.18 Å². The van der Waals surface area contributed by atoms with E-state index in [1.54, 1.807) is 6.07 Å². The fraction of sp³-hybridized carbons (Fsp3) is 0.0714. The summed E-state index contributed by atoms with van der Waals surface area (Å²) in [5.41, 5.74) is -1.05. The maximum absolute atomic E-state index is 12.6. The molecule has 0 aliphatic rings. The van der Waals surface area contributed by atoms with Crippen LogP contribution in [0.5, 0.6) is 0 Å². The number of sulfonamides is 1. The molecule has 0 fully saturated rings. The fourth-order valence-corrected chi connectivity index (χ4v) is 3.12. The van der Waals surface area contributed by atoms with Gasteiger partial charge in [0.2, 0.25) is 0 Å². The van der Waals surface area contributed by atoms with Gasteiger partial charge in [-0.2, -0.15) is 18.4 Å². The molecule has 0 radical (unpaired) electrons. The smallest absolute Gasteiger partial charge is 0.278 e. The Bertz CT molecular complexity index is 890. The first-order valence-corrected chi connectivity index (χ1v) is 7.89. The van der Waals surface area contributed by atoms with Crippen LogP contribution >= 0.6 is 11.6 Å². The van der Waals surface area contributed by atoms with Gasteiger partial charge in [-0.15, -0.1) is 0 Å². The topological polar surface area (TPSA) is 70.0 Å². The normalized spacial score (nSPS) is 11.8. The zero-order chi connectivity index (χ0) is 17.3. The number of alkyl halides is 3. The highest BCUT2D eigenvalue weighted by molar-refractivity contribution is 7.92. The average Bonchev–Trinajstić information content (AvgIpc) is 2.48. The number of halogens is 4. The van der Waals surface area contributed by atoms with Crippen LogP contribution in [0.4, 0.5) is 18.9 Å². The first-order valence-electron chi connectivity index (χ1n) is 6.03. The van der Waals surface area contributed by atoms with Crippen molar-refractivity contribution in [3.8, 4) is 6.07 Å². The molecule has 2 rings (SSSR count). The van der Waals surface area contributed by atoms with Gasteiger partial charge in [-0.05, 0) is 36.4 Å². The number of rotatable bonds is 3. The van der Waals surface area contributed by atoms with E-state index in [-0.39, 0.29) is 21.2 Å². The minimum Gasteiger partial charge on any atom is -0.278 e. The molecule has 0 bridgehead atoms. The van der Waals surface area contributed by atoms with Gasteiger partial charge in [-0.3, -0.25) is 4.72 Å². The third-order valence-electron chi connectivity index (χ3n) is 2.81. The molecule has 2 aromatic carbocycles. The fourth-order valence-electron chi connectivity index (χ4n) is 1.71. The molecular weight excluding hydrogens is 353 g/mol.